The third kappa shape index (κ3) is 2.01. The molecule has 0 amide bonds. The summed E-state index contributed by atoms with van der Waals surface area (Å²) < 4.78 is 6.91. The molecule has 1 atom stereocenters. The highest BCUT2D eigenvalue weighted by Gasteiger charge is 2.15. The Morgan fingerprint density at radius 3 is 3.24 bits per heavy atom. The van der Waals surface area contributed by atoms with Crippen molar-refractivity contribution >= 4 is 5.65 Å². The van der Waals surface area contributed by atoms with Gasteiger partial charge in [-0.2, -0.15) is 9.61 Å². The minimum atomic E-state index is -0.354. The van der Waals surface area contributed by atoms with Crippen LogP contribution in [0.2, 0.25) is 0 Å². The van der Waals surface area contributed by atoms with Crippen LogP contribution in [0.5, 0.6) is 5.88 Å². The Kier molecular flexibility index (Phi) is 2.52. The lowest BCUT2D eigenvalue weighted by molar-refractivity contribution is 0.158. The minimum Gasteiger partial charge on any atom is -0.472 e. The maximum absolute atomic E-state index is 11.3. The molecule has 3 rings (SSSR count). The average molecular weight is 235 g/mol. The number of piperidine rings is 1. The lowest BCUT2D eigenvalue weighted by Gasteiger charge is -2.23. The Morgan fingerprint density at radius 1 is 1.47 bits per heavy atom. The zero-order chi connectivity index (χ0) is 11.7. The molecule has 0 bridgehead atoms. The van der Waals surface area contributed by atoms with Crippen LogP contribution in [0.3, 0.4) is 0 Å². The van der Waals surface area contributed by atoms with Crippen LogP contribution in [-0.4, -0.2) is 39.0 Å². The van der Waals surface area contributed by atoms with Gasteiger partial charge in [0.15, 0.2) is 5.65 Å². The molecular weight excluding hydrogens is 222 g/mol. The molecule has 7 nitrogen and oxygen atoms in total. The third-order valence-electron chi connectivity index (χ3n) is 2.79. The van der Waals surface area contributed by atoms with Crippen LogP contribution in [0, 0.1) is 0 Å². The van der Waals surface area contributed by atoms with E-state index in [-0.39, 0.29) is 11.8 Å². The van der Waals surface area contributed by atoms with Gasteiger partial charge in [0.25, 0.3) is 0 Å². The summed E-state index contributed by atoms with van der Waals surface area (Å²) in [6, 6.07) is 3.43. The van der Waals surface area contributed by atoms with Gasteiger partial charge in [-0.25, -0.2) is 9.89 Å². The molecule has 0 radical (unpaired) electrons. The fourth-order valence-corrected chi connectivity index (χ4v) is 1.94. The van der Waals surface area contributed by atoms with Gasteiger partial charge in [-0.3, -0.25) is 0 Å². The quantitative estimate of drug-likeness (QED) is 0.736. The van der Waals surface area contributed by atoms with Crippen LogP contribution in [0.4, 0.5) is 0 Å². The van der Waals surface area contributed by atoms with Crippen LogP contribution in [0.1, 0.15) is 12.8 Å². The molecule has 2 aromatic heterocycles. The van der Waals surface area contributed by atoms with Crippen molar-refractivity contribution in [3.63, 3.8) is 0 Å². The number of nitrogens with one attached hydrogen (secondary N) is 2. The first-order chi connectivity index (χ1) is 8.33. The van der Waals surface area contributed by atoms with Crippen molar-refractivity contribution in [3.8, 4) is 5.88 Å². The van der Waals surface area contributed by atoms with E-state index in [1.807, 2.05) is 0 Å². The number of ether oxygens (including phenoxy) is 1. The van der Waals surface area contributed by atoms with E-state index in [2.05, 4.69) is 20.6 Å². The van der Waals surface area contributed by atoms with Crippen molar-refractivity contribution in [1.29, 1.82) is 0 Å². The highest BCUT2D eigenvalue weighted by molar-refractivity contribution is 5.35. The largest absolute Gasteiger partial charge is 0.472 e. The van der Waals surface area contributed by atoms with Crippen molar-refractivity contribution in [2.45, 2.75) is 18.9 Å². The molecule has 1 fully saturated rings. The Balaban J connectivity index is 1.84. The van der Waals surface area contributed by atoms with Crippen LogP contribution in [-0.2, 0) is 0 Å². The van der Waals surface area contributed by atoms with E-state index in [0.29, 0.717) is 11.5 Å². The maximum atomic E-state index is 11.3. The van der Waals surface area contributed by atoms with Crippen molar-refractivity contribution < 1.29 is 4.74 Å². The summed E-state index contributed by atoms with van der Waals surface area (Å²) >= 11 is 0. The number of fused-ring (bicyclic) bond motifs is 1. The molecule has 17 heavy (non-hydrogen) atoms. The van der Waals surface area contributed by atoms with Gasteiger partial charge in [0.2, 0.25) is 5.88 Å². The molecule has 1 aliphatic heterocycles. The topological polar surface area (TPSA) is 84.3 Å². The molecule has 7 heteroatoms. The summed E-state index contributed by atoms with van der Waals surface area (Å²) in [5.41, 5.74) is 0.135. The predicted molar refractivity (Wildman–Crippen MR) is 60.1 cm³/mol. The van der Waals surface area contributed by atoms with Gasteiger partial charge in [-0.15, -0.1) is 5.10 Å². The van der Waals surface area contributed by atoms with E-state index in [1.54, 1.807) is 12.1 Å². The summed E-state index contributed by atoms with van der Waals surface area (Å²) in [6.07, 6.45) is 2.22. The van der Waals surface area contributed by atoms with Crippen LogP contribution in [0.15, 0.2) is 16.9 Å². The first-order valence-electron chi connectivity index (χ1n) is 5.65. The van der Waals surface area contributed by atoms with Crippen LogP contribution >= 0.6 is 0 Å². The molecule has 0 spiro atoms. The number of nitrogens with zero attached hydrogens (tertiary/aromatic N) is 3. The second-order valence-corrected chi connectivity index (χ2v) is 4.06. The van der Waals surface area contributed by atoms with Gasteiger partial charge < -0.3 is 10.1 Å². The molecule has 90 valence electrons. The molecule has 3 heterocycles. The van der Waals surface area contributed by atoms with E-state index in [1.165, 1.54) is 4.52 Å². The molecule has 1 aliphatic rings. The second kappa shape index (κ2) is 4.17. The molecule has 2 aromatic rings. The highest BCUT2D eigenvalue weighted by Crippen LogP contribution is 2.12. The van der Waals surface area contributed by atoms with Gasteiger partial charge in [0.05, 0.1) is 0 Å². The summed E-state index contributed by atoms with van der Waals surface area (Å²) in [5.74, 6) is 0.453. The van der Waals surface area contributed by atoms with E-state index in [0.717, 1.165) is 25.9 Å². The van der Waals surface area contributed by atoms with Crippen molar-refractivity contribution in [3.05, 3.63) is 22.6 Å². The molecule has 0 saturated carbocycles. The van der Waals surface area contributed by atoms with E-state index >= 15 is 0 Å². The maximum Gasteiger partial charge on any atom is 0.364 e. The lowest BCUT2D eigenvalue weighted by Crippen LogP contribution is -2.37. The fourth-order valence-electron chi connectivity index (χ4n) is 1.94. The van der Waals surface area contributed by atoms with Gasteiger partial charge in [0.1, 0.15) is 6.10 Å². The molecule has 0 aromatic carbocycles. The minimum absolute atomic E-state index is 0.122. The Bertz CT molecular complexity index is 569. The second-order valence-electron chi connectivity index (χ2n) is 4.06. The van der Waals surface area contributed by atoms with Crippen LogP contribution < -0.4 is 15.7 Å². The monoisotopic (exact) mass is 235 g/mol. The summed E-state index contributed by atoms with van der Waals surface area (Å²) in [6.45, 7) is 1.85. The number of hydrogen-bond acceptors (Lipinski definition) is 5. The molecule has 0 aliphatic carbocycles. The van der Waals surface area contributed by atoms with E-state index < -0.39 is 0 Å². The number of hydrogen-bond donors (Lipinski definition) is 2. The molecule has 1 unspecified atom stereocenters. The van der Waals surface area contributed by atoms with Crippen LogP contribution in [0.25, 0.3) is 5.65 Å². The van der Waals surface area contributed by atoms with Gasteiger partial charge in [0, 0.05) is 12.6 Å². The first kappa shape index (κ1) is 10.3. The van der Waals surface area contributed by atoms with E-state index in [4.69, 9.17) is 4.74 Å². The summed E-state index contributed by atoms with van der Waals surface area (Å²) in [4.78, 5) is 11.3. The fraction of sp³-hybridized carbons (Fsp3) is 0.500. The number of rotatable bonds is 2. The standard InChI is InChI=1S/C10H13N5O2/c16-10-13-12-8-3-4-9(14-15(8)10)17-7-2-1-5-11-6-7/h3-4,7,11H,1-2,5-6H2,(H,13,16). The lowest BCUT2D eigenvalue weighted by atomic mass is 10.1. The van der Waals surface area contributed by atoms with Crippen molar-refractivity contribution in [2.75, 3.05) is 13.1 Å². The molecule has 1 saturated heterocycles. The van der Waals surface area contributed by atoms with Gasteiger partial charge in [-0.05, 0) is 25.5 Å². The van der Waals surface area contributed by atoms with E-state index in [9.17, 15) is 4.79 Å². The normalized spacial score (nSPS) is 20.6. The smallest absolute Gasteiger partial charge is 0.364 e. The molecule has 2 N–H and O–H groups in total. The Hall–Kier alpha value is -1.89. The molecular formula is C10H13N5O2. The summed E-state index contributed by atoms with van der Waals surface area (Å²) in [5, 5.41) is 13.5. The van der Waals surface area contributed by atoms with Crippen molar-refractivity contribution in [2.24, 2.45) is 0 Å². The van der Waals surface area contributed by atoms with Gasteiger partial charge >= 0.3 is 5.69 Å². The SMILES string of the molecule is O=c1[nH]nc2ccc(OC3CCCNC3)nn12. The zero-order valence-electron chi connectivity index (χ0n) is 9.22. The average Bonchev–Trinajstić information content (AvgIpc) is 2.73. The number of aromatic amines is 1. The number of H-pyrrole nitrogens is 1. The Labute approximate surface area is 96.8 Å². The summed E-state index contributed by atoms with van der Waals surface area (Å²) in [7, 11) is 0. The zero-order valence-corrected chi connectivity index (χ0v) is 9.22. The predicted octanol–water partition coefficient (Wildman–Crippen LogP) is -0.452. The van der Waals surface area contributed by atoms with Gasteiger partial charge in [-0.1, -0.05) is 0 Å². The number of aromatic nitrogens is 4. The Morgan fingerprint density at radius 2 is 2.41 bits per heavy atom. The highest BCUT2D eigenvalue weighted by atomic mass is 16.5. The third-order valence-corrected chi connectivity index (χ3v) is 2.79. The first-order valence-corrected chi connectivity index (χ1v) is 5.65. The van der Waals surface area contributed by atoms with Crippen molar-refractivity contribution in [1.82, 2.24) is 25.1 Å².